The Labute approximate surface area is 139 Å². The van der Waals surface area contributed by atoms with Crippen LogP contribution in [0.2, 0.25) is 0 Å². The van der Waals surface area contributed by atoms with E-state index in [1.807, 2.05) is 0 Å². The van der Waals surface area contributed by atoms with Crippen molar-refractivity contribution in [2.75, 3.05) is 7.05 Å². The Morgan fingerprint density at radius 2 is 0.652 bits per heavy atom. The summed E-state index contributed by atoms with van der Waals surface area (Å²) in [6.07, 6.45) is 0. The third-order valence-electron chi connectivity index (χ3n) is 4.65. The summed E-state index contributed by atoms with van der Waals surface area (Å²) in [5, 5.41) is 0. The number of rotatable bonds is 3. The Kier molecular flexibility index (Phi) is 4.06. The first-order valence-electron chi connectivity index (χ1n) is 8.08. The van der Waals surface area contributed by atoms with E-state index in [-0.39, 0.29) is 0 Å². The first-order chi connectivity index (χ1) is 11.0. The van der Waals surface area contributed by atoms with E-state index in [0.717, 1.165) is 0 Å². The monoisotopic (exact) mass is 302 g/mol. The van der Waals surface area contributed by atoms with Gasteiger partial charge in [0.25, 0.3) is 0 Å². The van der Waals surface area contributed by atoms with Crippen molar-refractivity contribution in [2.45, 2.75) is 20.8 Å². The lowest BCUT2D eigenvalue weighted by Gasteiger charge is -2.33. The highest BCUT2D eigenvalue weighted by atomic mass is 15.3. The van der Waals surface area contributed by atoms with Crippen molar-refractivity contribution in [1.82, 2.24) is 4.48 Å². The fraction of sp³-hybridized carbons (Fsp3) is 0.182. The van der Waals surface area contributed by atoms with E-state index in [4.69, 9.17) is 0 Å². The fourth-order valence-corrected chi connectivity index (χ4v) is 2.98. The average Bonchev–Trinajstić information content (AvgIpc) is 2.56. The summed E-state index contributed by atoms with van der Waals surface area (Å²) in [7, 11) is 2.26. The lowest BCUT2D eigenvalue weighted by Crippen LogP contribution is -2.33. The molecular formula is C22H24N+. The fourth-order valence-electron chi connectivity index (χ4n) is 2.98. The molecule has 0 saturated heterocycles. The number of benzene rings is 3. The molecule has 3 aromatic rings. The molecule has 0 N–H and O–H groups in total. The van der Waals surface area contributed by atoms with Gasteiger partial charge in [0.2, 0.25) is 0 Å². The molecule has 23 heavy (non-hydrogen) atoms. The second kappa shape index (κ2) is 6.02. The molecule has 0 atom stereocenters. The van der Waals surface area contributed by atoms with Crippen molar-refractivity contribution in [2.24, 2.45) is 0 Å². The van der Waals surface area contributed by atoms with Gasteiger partial charge in [-0.3, -0.25) is 0 Å². The zero-order chi connectivity index (χ0) is 16.4. The Hall–Kier alpha value is -2.38. The van der Waals surface area contributed by atoms with Gasteiger partial charge in [-0.1, -0.05) is 53.1 Å². The molecular weight excluding hydrogens is 278 g/mol. The van der Waals surface area contributed by atoms with Crippen molar-refractivity contribution in [1.29, 1.82) is 0 Å². The Bertz CT molecular complexity index is 670. The molecule has 0 fully saturated rings. The van der Waals surface area contributed by atoms with Crippen LogP contribution in [0.25, 0.3) is 0 Å². The second-order valence-corrected chi connectivity index (χ2v) is 6.51. The SMILES string of the molecule is Cc1ccc([N+](C)(c2ccc(C)cc2)c2ccc(C)cc2)cc1. The van der Waals surface area contributed by atoms with Crippen LogP contribution in [0.3, 0.4) is 0 Å². The molecule has 0 heterocycles. The maximum atomic E-state index is 2.26. The standard InChI is InChI=1S/C22H24N/c1-17-5-11-20(12-6-17)23(4,21-13-7-18(2)8-14-21)22-15-9-19(3)10-16-22/h5-16H,1-4H3/q+1. The van der Waals surface area contributed by atoms with Crippen molar-refractivity contribution in [3.05, 3.63) is 89.5 Å². The normalized spacial score (nSPS) is 11.5. The Morgan fingerprint density at radius 1 is 0.435 bits per heavy atom. The highest BCUT2D eigenvalue weighted by Crippen LogP contribution is 2.41. The van der Waals surface area contributed by atoms with Gasteiger partial charge in [-0.05, 0) is 20.8 Å². The molecule has 3 aromatic carbocycles. The van der Waals surface area contributed by atoms with Crippen LogP contribution in [0, 0.1) is 20.8 Å². The van der Waals surface area contributed by atoms with Crippen LogP contribution >= 0.6 is 0 Å². The van der Waals surface area contributed by atoms with Gasteiger partial charge < -0.3 is 0 Å². The van der Waals surface area contributed by atoms with Gasteiger partial charge in [0.15, 0.2) is 0 Å². The lowest BCUT2D eigenvalue weighted by molar-refractivity contribution is 0.627. The van der Waals surface area contributed by atoms with E-state index in [1.165, 1.54) is 33.8 Å². The molecule has 0 aromatic heterocycles. The molecule has 3 rings (SSSR count). The zero-order valence-electron chi connectivity index (χ0n) is 14.4. The molecule has 0 radical (unpaired) electrons. The van der Waals surface area contributed by atoms with Gasteiger partial charge in [-0.15, -0.1) is 0 Å². The third-order valence-corrected chi connectivity index (χ3v) is 4.65. The first-order valence-corrected chi connectivity index (χ1v) is 8.08. The molecule has 0 aliphatic carbocycles. The molecule has 1 heteroatoms. The minimum atomic E-state index is 0.667. The number of quaternary nitrogens is 1. The van der Waals surface area contributed by atoms with Crippen LogP contribution in [-0.2, 0) is 0 Å². The van der Waals surface area contributed by atoms with Gasteiger partial charge in [-0.2, -0.15) is 0 Å². The van der Waals surface area contributed by atoms with E-state index in [1.54, 1.807) is 0 Å². The maximum absolute atomic E-state index is 2.26. The first kappa shape index (κ1) is 15.5. The number of hydrogen-bond acceptors (Lipinski definition) is 0. The minimum Gasteiger partial charge on any atom is -0.229 e. The van der Waals surface area contributed by atoms with E-state index >= 15 is 0 Å². The van der Waals surface area contributed by atoms with Crippen molar-refractivity contribution < 1.29 is 0 Å². The number of aryl methyl sites for hydroxylation is 3. The van der Waals surface area contributed by atoms with Gasteiger partial charge >= 0.3 is 0 Å². The van der Waals surface area contributed by atoms with Crippen LogP contribution in [0.4, 0.5) is 17.1 Å². The number of nitrogens with zero attached hydrogens (tertiary/aromatic N) is 1. The molecule has 1 nitrogen and oxygen atoms in total. The largest absolute Gasteiger partial charge is 0.229 e. The lowest BCUT2D eigenvalue weighted by atomic mass is 10.1. The minimum absolute atomic E-state index is 0.667. The third kappa shape index (κ3) is 2.93. The van der Waals surface area contributed by atoms with E-state index < -0.39 is 0 Å². The number of hydrogen-bond donors (Lipinski definition) is 0. The summed E-state index contributed by atoms with van der Waals surface area (Å²) in [6, 6.07) is 26.5. The van der Waals surface area contributed by atoms with E-state index in [9.17, 15) is 0 Å². The average molecular weight is 302 g/mol. The van der Waals surface area contributed by atoms with E-state index in [0.29, 0.717) is 4.48 Å². The van der Waals surface area contributed by atoms with Crippen molar-refractivity contribution >= 4 is 17.1 Å². The molecule has 0 aliphatic heterocycles. The second-order valence-electron chi connectivity index (χ2n) is 6.51. The Balaban J connectivity index is 2.21. The molecule has 0 unspecified atom stereocenters. The summed E-state index contributed by atoms with van der Waals surface area (Å²) in [6.45, 7) is 6.39. The molecule has 0 amide bonds. The van der Waals surface area contributed by atoms with E-state index in [2.05, 4.69) is 101 Å². The van der Waals surface area contributed by atoms with Gasteiger partial charge in [-0.25, -0.2) is 4.48 Å². The van der Waals surface area contributed by atoms with Gasteiger partial charge in [0.1, 0.15) is 17.1 Å². The summed E-state index contributed by atoms with van der Waals surface area (Å²) in [5.41, 5.74) is 7.66. The summed E-state index contributed by atoms with van der Waals surface area (Å²) in [5.74, 6) is 0. The maximum Gasteiger partial charge on any atom is 0.142 e. The quantitative estimate of drug-likeness (QED) is 0.504. The molecule has 0 aliphatic rings. The molecule has 0 saturated carbocycles. The summed E-state index contributed by atoms with van der Waals surface area (Å²) in [4.78, 5) is 0. The van der Waals surface area contributed by atoms with Crippen LogP contribution in [0.5, 0.6) is 0 Å². The smallest absolute Gasteiger partial charge is 0.142 e. The van der Waals surface area contributed by atoms with Crippen LogP contribution in [-0.4, -0.2) is 7.05 Å². The predicted octanol–water partition coefficient (Wildman–Crippen LogP) is 6.21. The van der Waals surface area contributed by atoms with Crippen LogP contribution in [0.15, 0.2) is 72.8 Å². The highest BCUT2D eigenvalue weighted by molar-refractivity contribution is 5.70. The topological polar surface area (TPSA) is 0 Å². The summed E-state index contributed by atoms with van der Waals surface area (Å²) < 4.78 is 0.667. The predicted molar refractivity (Wildman–Crippen MR) is 101 cm³/mol. The summed E-state index contributed by atoms with van der Waals surface area (Å²) >= 11 is 0. The molecule has 0 bridgehead atoms. The highest BCUT2D eigenvalue weighted by Gasteiger charge is 2.31. The van der Waals surface area contributed by atoms with Gasteiger partial charge in [0, 0.05) is 36.4 Å². The van der Waals surface area contributed by atoms with Crippen molar-refractivity contribution in [3.8, 4) is 0 Å². The van der Waals surface area contributed by atoms with Crippen LogP contribution in [0.1, 0.15) is 16.7 Å². The molecule has 0 spiro atoms. The zero-order valence-corrected chi connectivity index (χ0v) is 14.4. The van der Waals surface area contributed by atoms with Crippen LogP contribution < -0.4 is 4.48 Å². The van der Waals surface area contributed by atoms with Crippen molar-refractivity contribution in [3.63, 3.8) is 0 Å². The Morgan fingerprint density at radius 3 is 0.870 bits per heavy atom. The van der Waals surface area contributed by atoms with Gasteiger partial charge in [0.05, 0.1) is 7.05 Å². The molecule has 116 valence electrons.